The molecule has 0 spiro atoms. The van der Waals surface area contributed by atoms with Gasteiger partial charge in [-0.25, -0.2) is 4.79 Å². The summed E-state index contributed by atoms with van der Waals surface area (Å²) < 4.78 is 6.69. The van der Waals surface area contributed by atoms with Crippen LogP contribution in [0.5, 0.6) is 5.75 Å². The molecule has 2 rings (SSSR count). The third-order valence-corrected chi connectivity index (χ3v) is 2.61. The van der Waals surface area contributed by atoms with E-state index in [0.717, 1.165) is 0 Å². The van der Waals surface area contributed by atoms with E-state index in [1.165, 1.54) is 4.73 Å². The number of nitrogens with zero attached hydrogens (tertiary/aromatic N) is 1. The van der Waals surface area contributed by atoms with Crippen LogP contribution in [-0.2, 0) is 0 Å². The highest BCUT2D eigenvalue weighted by Gasteiger charge is 2.08. The van der Waals surface area contributed by atoms with Gasteiger partial charge in [0.2, 0.25) is 0 Å². The molecule has 0 aliphatic carbocycles. The molecule has 0 fully saturated rings. The average Bonchev–Trinajstić information content (AvgIpc) is 2.41. The zero-order valence-electron chi connectivity index (χ0n) is 9.70. The Morgan fingerprint density at radius 1 is 1.17 bits per heavy atom. The fraction of sp³-hybridized carbons (Fsp3) is 0.0769. The van der Waals surface area contributed by atoms with Crippen molar-refractivity contribution < 1.29 is 14.4 Å². The van der Waals surface area contributed by atoms with E-state index >= 15 is 0 Å². The van der Waals surface area contributed by atoms with Gasteiger partial charge in [0, 0.05) is 6.20 Å². The van der Waals surface area contributed by atoms with E-state index in [4.69, 9.17) is 21.8 Å². The van der Waals surface area contributed by atoms with Crippen LogP contribution >= 0.6 is 12.2 Å². The van der Waals surface area contributed by atoms with E-state index in [1.807, 2.05) is 0 Å². The van der Waals surface area contributed by atoms with E-state index in [9.17, 15) is 4.79 Å². The molecule has 5 heteroatoms. The number of carbonyl (C=O) groups excluding carboxylic acids is 1. The predicted molar refractivity (Wildman–Crippen MR) is 69.2 cm³/mol. The topological polar surface area (TPSA) is 40.5 Å². The van der Waals surface area contributed by atoms with E-state index in [-0.39, 0.29) is 0 Å². The molecular weight excluding hydrogens is 250 g/mol. The Labute approximate surface area is 109 Å². The average molecular weight is 261 g/mol. The molecule has 4 nitrogen and oxygen atoms in total. The molecule has 1 heterocycles. The first-order chi connectivity index (χ1) is 8.70. The molecule has 18 heavy (non-hydrogen) atoms. The van der Waals surface area contributed by atoms with Crippen molar-refractivity contribution in [2.24, 2.45) is 0 Å². The second-order valence-electron chi connectivity index (χ2n) is 3.47. The second-order valence-corrected chi connectivity index (χ2v) is 3.89. The summed E-state index contributed by atoms with van der Waals surface area (Å²) in [5, 5.41) is 0. The van der Waals surface area contributed by atoms with Gasteiger partial charge in [-0.2, -0.15) is 4.73 Å². The smallest absolute Gasteiger partial charge is 0.363 e. The first kappa shape index (κ1) is 12.3. The van der Waals surface area contributed by atoms with Crippen LogP contribution in [0.25, 0.3) is 0 Å². The third kappa shape index (κ3) is 2.75. The summed E-state index contributed by atoms with van der Waals surface area (Å²) in [6.07, 6.45) is 1.59. The van der Waals surface area contributed by atoms with Crippen LogP contribution in [0, 0.1) is 4.64 Å². The fourth-order valence-corrected chi connectivity index (χ4v) is 1.53. The lowest BCUT2D eigenvalue weighted by atomic mass is 10.2. The SMILES string of the molecule is COc1ccc(C(=O)On2ccccc2=S)cc1. The Morgan fingerprint density at radius 2 is 1.89 bits per heavy atom. The molecule has 0 radical (unpaired) electrons. The van der Waals surface area contributed by atoms with Gasteiger partial charge in [0.1, 0.15) is 10.4 Å². The molecule has 2 aromatic rings. The quantitative estimate of drug-likeness (QED) is 0.796. The molecule has 0 bridgehead atoms. The van der Waals surface area contributed by atoms with E-state index in [0.29, 0.717) is 16.0 Å². The summed E-state index contributed by atoms with van der Waals surface area (Å²) in [6.45, 7) is 0. The molecule has 0 aliphatic rings. The van der Waals surface area contributed by atoms with Gasteiger partial charge < -0.3 is 9.57 Å². The normalized spacial score (nSPS) is 9.83. The maximum absolute atomic E-state index is 11.8. The van der Waals surface area contributed by atoms with Crippen molar-refractivity contribution in [1.29, 1.82) is 0 Å². The lowest BCUT2D eigenvalue weighted by molar-refractivity contribution is 0.0452. The van der Waals surface area contributed by atoms with Crippen molar-refractivity contribution in [3.8, 4) is 5.75 Å². The van der Waals surface area contributed by atoms with Crippen LogP contribution in [0.4, 0.5) is 0 Å². The Balaban J connectivity index is 2.17. The summed E-state index contributed by atoms with van der Waals surface area (Å²) in [5.41, 5.74) is 0.432. The van der Waals surface area contributed by atoms with Crippen molar-refractivity contribution >= 4 is 18.2 Å². The number of hydrogen-bond acceptors (Lipinski definition) is 4. The van der Waals surface area contributed by atoms with Crippen LogP contribution in [0.15, 0.2) is 48.7 Å². The first-order valence-corrected chi connectivity index (χ1v) is 5.66. The molecule has 0 amide bonds. The minimum Gasteiger partial charge on any atom is -0.497 e. The molecule has 1 aromatic heterocycles. The number of rotatable bonds is 3. The highest BCUT2D eigenvalue weighted by molar-refractivity contribution is 7.71. The number of methoxy groups -OCH3 is 1. The predicted octanol–water partition coefficient (Wildman–Crippen LogP) is 2.50. The molecular formula is C13H11NO3S. The molecule has 0 unspecified atom stereocenters. The number of carbonyl (C=O) groups is 1. The number of pyridine rings is 1. The van der Waals surface area contributed by atoms with Gasteiger partial charge in [0.25, 0.3) is 0 Å². The van der Waals surface area contributed by atoms with E-state index in [1.54, 1.807) is 55.8 Å². The maximum atomic E-state index is 11.8. The Hall–Kier alpha value is -2.14. The van der Waals surface area contributed by atoms with Gasteiger partial charge in [0.05, 0.1) is 12.7 Å². The Kier molecular flexibility index (Phi) is 3.74. The number of ether oxygens (including phenoxy) is 1. The summed E-state index contributed by atoms with van der Waals surface area (Å²) in [4.78, 5) is 17.0. The van der Waals surface area contributed by atoms with Gasteiger partial charge in [-0.3, -0.25) is 0 Å². The molecule has 0 saturated heterocycles. The monoisotopic (exact) mass is 261 g/mol. The number of aromatic nitrogens is 1. The zero-order chi connectivity index (χ0) is 13.0. The first-order valence-electron chi connectivity index (χ1n) is 5.25. The minimum absolute atomic E-state index is 0.430. The summed E-state index contributed by atoms with van der Waals surface area (Å²) in [7, 11) is 1.57. The molecule has 0 aliphatic heterocycles. The van der Waals surface area contributed by atoms with Gasteiger partial charge in [-0.1, -0.05) is 18.3 Å². The standard InChI is InChI=1S/C13H11NO3S/c1-16-11-7-5-10(6-8-11)13(15)17-14-9-3-2-4-12(14)18/h2-9H,1H3. The van der Waals surface area contributed by atoms with Gasteiger partial charge in [0.15, 0.2) is 0 Å². The van der Waals surface area contributed by atoms with Crippen molar-refractivity contribution in [3.05, 3.63) is 58.9 Å². The van der Waals surface area contributed by atoms with Crippen molar-refractivity contribution in [2.75, 3.05) is 7.11 Å². The highest BCUT2D eigenvalue weighted by atomic mass is 32.1. The van der Waals surface area contributed by atoms with Crippen molar-refractivity contribution in [1.82, 2.24) is 4.73 Å². The van der Waals surface area contributed by atoms with Crippen molar-refractivity contribution in [2.45, 2.75) is 0 Å². The lowest BCUT2D eigenvalue weighted by Gasteiger charge is -2.07. The Morgan fingerprint density at radius 3 is 2.50 bits per heavy atom. The molecule has 0 saturated carbocycles. The van der Waals surface area contributed by atoms with Crippen LogP contribution in [0.3, 0.4) is 0 Å². The van der Waals surface area contributed by atoms with E-state index < -0.39 is 5.97 Å². The van der Waals surface area contributed by atoms with Crippen LogP contribution in [0.1, 0.15) is 10.4 Å². The van der Waals surface area contributed by atoms with Gasteiger partial charge >= 0.3 is 5.97 Å². The third-order valence-electron chi connectivity index (χ3n) is 2.30. The van der Waals surface area contributed by atoms with Crippen LogP contribution in [0.2, 0.25) is 0 Å². The summed E-state index contributed by atoms with van der Waals surface area (Å²) >= 11 is 5.03. The second kappa shape index (κ2) is 5.46. The largest absolute Gasteiger partial charge is 0.497 e. The lowest BCUT2D eigenvalue weighted by Crippen LogP contribution is -2.20. The van der Waals surface area contributed by atoms with Gasteiger partial charge in [-0.05, 0) is 36.4 Å². The number of benzene rings is 1. The van der Waals surface area contributed by atoms with Crippen molar-refractivity contribution in [3.63, 3.8) is 0 Å². The van der Waals surface area contributed by atoms with Crippen LogP contribution in [-0.4, -0.2) is 17.8 Å². The van der Waals surface area contributed by atoms with Gasteiger partial charge in [-0.15, -0.1) is 0 Å². The maximum Gasteiger partial charge on any atom is 0.363 e. The number of hydrogen-bond donors (Lipinski definition) is 0. The zero-order valence-corrected chi connectivity index (χ0v) is 10.5. The molecule has 0 N–H and O–H groups in total. The van der Waals surface area contributed by atoms with Crippen LogP contribution < -0.4 is 9.57 Å². The Bertz CT molecular complexity index is 604. The minimum atomic E-state index is -0.472. The fourth-order valence-electron chi connectivity index (χ4n) is 1.36. The summed E-state index contributed by atoms with van der Waals surface area (Å²) in [6, 6.07) is 11.8. The highest BCUT2D eigenvalue weighted by Crippen LogP contribution is 2.11. The summed E-state index contributed by atoms with van der Waals surface area (Å²) in [5.74, 6) is 0.211. The molecule has 92 valence electrons. The van der Waals surface area contributed by atoms with E-state index in [2.05, 4.69) is 0 Å². The molecule has 0 atom stereocenters. The molecule has 1 aromatic carbocycles.